The summed E-state index contributed by atoms with van der Waals surface area (Å²) >= 11 is 0. The van der Waals surface area contributed by atoms with Crippen molar-refractivity contribution in [2.24, 2.45) is 5.73 Å². The van der Waals surface area contributed by atoms with Crippen LogP contribution in [0.5, 0.6) is 0 Å². The van der Waals surface area contributed by atoms with Crippen LogP contribution in [0.4, 0.5) is 4.79 Å². The van der Waals surface area contributed by atoms with Crippen LogP contribution in [0.25, 0.3) is 0 Å². The number of hydrogen-bond donors (Lipinski definition) is 3. The summed E-state index contributed by atoms with van der Waals surface area (Å²) in [6.45, 7) is 5.90. The first-order chi connectivity index (χ1) is 7.40. The highest BCUT2D eigenvalue weighted by Gasteiger charge is 2.16. The molecule has 1 heterocycles. The van der Waals surface area contributed by atoms with Gasteiger partial charge in [0.15, 0.2) is 5.82 Å². The minimum Gasteiger partial charge on any atom is -0.444 e. The third-order valence-electron chi connectivity index (χ3n) is 1.56. The molecule has 0 spiro atoms. The van der Waals surface area contributed by atoms with E-state index in [9.17, 15) is 4.79 Å². The fraction of sp³-hybridized carbons (Fsp3) is 0.667. The first kappa shape index (κ1) is 12.4. The summed E-state index contributed by atoms with van der Waals surface area (Å²) in [5, 5.41) is 9.05. The van der Waals surface area contributed by atoms with Gasteiger partial charge in [0.05, 0.1) is 13.1 Å². The summed E-state index contributed by atoms with van der Waals surface area (Å²) < 4.78 is 5.06. The summed E-state index contributed by atoms with van der Waals surface area (Å²) in [5.74, 6) is 1.06. The maximum Gasteiger partial charge on any atom is 0.408 e. The molecule has 0 aliphatic rings. The third-order valence-corrected chi connectivity index (χ3v) is 1.56. The van der Waals surface area contributed by atoms with Crippen molar-refractivity contribution in [3.8, 4) is 0 Å². The van der Waals surface area contributed by atoms with Gasteiger partial charge in [-0.2, -0.15) is 5.10 Å². The Balaban J connectivity index is 2.37. The predicted octanol–water partition coefficient (Wildman–Crippen LogP) is 0.288. The second-order valence-electron chi connectivity index (χ2n) is 4.26. The fourth-order valence-corrected chi connectivity index (χ4v) is 0.975. The molecule has 16 heavy (non-hydrogen) atoms. The van der Waals surface area contributed by atoms with E-state index in [2.05, 4.69) is 20.5 Å². The number of carbonyl (C=O) groups excluding carboxylic acids is 1. The van der Waals surface area contributed by atoms with Crippen LogP contribution in [0.2, 0.25) is 0 Å². The van der Waals surface area contributed by atoms with Gasteiger partial charge in [-0.1, -0.05) is 0 Å². The average molecular weight is 227 g/mol. The second kappa shape index (κ2) is 4.93. The molecule has 0 aromatic carbocycles. The Morgan fingerprint density at radius 1 is 1.56 bits per heavy atom. The lowest BCUT2D eigenvalue weighted by Crippen LogP contribution is -2.32. The smallest absolute Gasteiger partial charge is 0.408 e. The highest BCUT2D eigenvalue weighted by atomic mass is 16.6. The molecule has 0 aliphatic heterocycles. The number of hydrogen-bond acceptors (Lipinski definition) is 5. The van der Waals surface area contributed by atoms with Gasteiger partial charge in [-0.3, -0.25) is 5.10 Å². The van der Waals surface area contributed by atoms with Gasteiger partial charge in [0.25, 0.3) is 0 Å². The first-order valence-electron chi connectivity index (χ1n) is 4.98. The van der Waals surface area contributed by atoms with Crippen molar-refractivity contribution in [2.75, 3.05) is 0 Å². The zero-order valence-electron chi connectivity index (χ0n) is 9.70. The molecule has 7 nitrogen and oxygen atoms in total. The number of H-pyrrole nitrogens is 1. The standard InChI is InChI=1S/C9H17N5O2/c1-9(2,3)16-8(15)11-5-7-12-6(4-10)13-14-7/h4-5,10H2,1-3H3,(H,11,15)(H,12,13,14). The summed E-state index contributed by atoms with van der Waals surface area (Å²) in [6.07, 6.45) is -0.488. The molecule has 4 N–H and O–H groups in total. The minimum absolute atomic E-state index is 0.238. The zero-order chi connectivity index (χ0) is 12.2. The number of nitrogens with one attached hydrogen (secondary N) is 2. The zero-order valence-corrected chi connectivity index (χ0v) is 9.70. The van der Waals surface area contributed by atoms with Gasteiger partial charge in [-0.05, 0) is 20.8 Å². The number of aromatic amines is 1. The molecule has 0 saturated carbocycles. The SMILES string of the molecule is CC(C)(C)OC(=O)NCc1nc(CN)n[nH]1. The largest absolute Gasteiger partial charge is 0.444 e. The van der Waals surface area contributed by atoms with Crippen LogP contribution in [-0.2, 0) is 17.8 Å². The van der Waals surface area contributed by atoms with E-state index in [1.54, 1.807) is 20.8 Å². The van der Waals surface area contributed by atoms with Crippen molar-refractivity contribution in [3.05, 3.63) is 11.6 Å². The van der Waals surface area contributed by atoms with Crippen molar-refractivity contribution in [1.29, 1.82) is 0 Å². The van der Waals surface area contributed by atoms with E-state index in [1.807, 2.05) is 0 Å². The summed E-state index contributed by atoms with van der Waals surface area (Å²) in [5.41, 5.74) is 4.84. The molecule has 0 bridgehead atoms. The Hall–Kier alpha value is -1.63. The van der Waals surface area contributed by atoms with Crippen LogP contribution >= 0.6 is 0 Å². The monoisotopic (exact) mass is 227 g/mol. The topological polar surface area (TPSA) is 106 Å². The normalized spacial score (nSPS) is 11.2. The maximum absolute atomic E-state index is 11.3. The molecule has 0 atom stereocenters. The molecule has 1 aromatic rings. The van der Waals surface area contributed by atoms with Gasteiger partial charge in [0, 0.05) is 0 Å². The molecule has 7 heteroatoms. The van der Waals surface area contributed by atoms with E-state index in [0.29, 0.717) is 11.6 Å². The first-order valence-corrected chi connectivity index (χ1v) is 4.98. The highest BCUT2D eigenvalue weighted by molar-refractivity contribution is 5.67. The van der Waals surface area contributed by atoms with Crippen molar-refractivity contribution in [3.63, 3.8) is 0 Å². The second-order valence-corrected chi connectivity index (χ2v) is 4.26. The van der Waals surface area contributed by atoms with Crippen molar-refractivity contribution >= 4 is 6.09 Å². The van der Waals surface area contributed by atoms with E-state index < -0.39 is 11.7 Å². The quantitative estimate of drug-likeness (QED) is 0.688. The van der Waals surface area contributed by atoms with Gasteiger partial charge >= 0.3 is 6.09 Å². The molecule has 1 aromatic heterocycles. The molecule has 0 unspecified atom stereocenters. The predicted molar refractivity (Wildman–Crippen MR) is 57.3 cm³/mol. The lowest BCUT2D eigenvalue weighted by atomic mass is 10.2. The molecular weight excluding hydrogens is 210 g/mol. The maximum atomic E-state index is 11.3. The number of carbonyl (C=O) groups is 1. The lowest BCUT2D eigenvalue weighted by Gasteiger charge is -2.19. The number of alkyl carbamates (subject to hydrolysis) is 1. The number of ether oxygens (including phenoxy) is 1. The molecule has 1 amide bonds. The van der Waals surface area contributed by atoms with Gasteiger partial charge in [0.2, 0.25) is 0 Å². The van der Waals surface area contributed by atoms with Gasteiger partial charge in [-0.25, -0.2) is 9.78 Å². The molecule has 0 fully saturated rings. The van der Waals surface area contributed by atoms with E-state index in [-0.39, 0.29) is 13.1 Å². The van der Waals surface area contributed by atoms with Crippen LogP contribution < -0.4 is 11.1 Å². The Labute approximate surface area is 93.8 Å². The number of nitrogens with zero attached hydrogens (tertiary/aromatic N) is 2. The van der Waals surface area contributed by atoms with E-state index in [1.165, 1.54) is 0 Å². The molecule has 0 aliphatic carbocycles. The van der Waals surface area contributed by atoms with E-state index in [0.717, 1.165) is 0 Å². The van der Waals surface area contributed by atoms with Crippen molar-refractivity contribution < 1.29 is 9.53 Å². The Kier molecular flexibility index (Phi) is 3.83. The average Bonchev–Trinajstić information content (AvgIpc) is 2.59. The molecule has 90 valence electrons. The Morgan fingerprint density at radius 3 is 2.75 bits per heavy atom. The molecular formula is C9H17N5O2. The van der Waals surface area contributed by atoms with E-state index in [4.69, 9.17) is 10.5 Å². The van der Waals surface area contributed by atoms with Crippen LogP contribution in [0, 0.1) is 0 Å². The molecule has 0 saturated heterocycles. The summed E-state index contributed by atoms with van der Waals surface area (Å²) in [7, 11) is 0. The molecule has 0 radical (unpaired) electrons. The number of amides is 1. The van der Waals surface area contributed by atoms with Crippen LogP contribution in [0.3, 0.4) is 0 Å². The Bertz CT molecular complexity index is 355. The number of nitrogens with two attached hydrogens (primary N) is 1. The number of rotatable bonds is 3. The van der Waals surface area contributed by atoms with Crippen LogP contribution in [0.15, 0.2) is 0 Å². The fourth-order valence-electron chi connectivity index (χ4n) is 0.975. The van der Waals surface area contributed by atoms with Gasteiger partial charge < -0.3 is 15.8 Å². The number of aromatic nitrogens is 3. The van der Waals surface area contributed by atoms with Crippen LogP contribution in [-0.4, -0.2) is 26.9 Å². The third kappa shape index (κ3) is 4.26. The molecule has 1 rings (SSSR count). The van der Waals surface area contributed by atoms with Gasteiger partial charge in [-0.15, -0.1) is 0 Å². The van der Waals surface area contributed by atoms with E-state index >= 15 is 0 Å². The lowest BCUT2D eigenvalue weighted by molar-refractivity contribution is 0.0522. The highest BCUT2D eigenvalue weighted by Crippen LogP contribution is 2.06. The van der Waals surface area contributed by atoms with Crippen molar-refractivity contribution in [2.45, 2.75) is 39.5 Å². The van der Waals surface area contributed by atoms with Crippen LogP contribution in [0.1, 0.15) is 32.4 Å². The van der Waals surface area contributed by atoms with Crippen molar-refractivity contribution in [1.82, 2.24) is 20.5 Å². The minimum atomic E-state index is -0.506. The summed E-state index contributed by atoms with van der Waals surface area (Å²) in [6, 6.07) is 0. The van der Waals surface area contributed by atoms with Gasteiger partial charge in [0.1, 0.15) is 11.4 Å². The summed E-state index contributed by atoms with van der Waals surface area (Å²) in [4.78, 5) is 15.3. The Morgan fingerprint density at radius 2 is 2.25 bits per heavy atom.